The van der Waals surface area contributed by atoms with Crippen LogP contribution in [-0.4, -0.2) is 21.7 Å². The number of nitrogens with one attached hydrogen (secondary N) is 2. The first kappa shape index (κ1) is 16.8. The molecule has 0 radical (unpaired) electrons. The molecule has 0 fully saturated rings. The van der Waals surface area contributed by atoms with Crippen LogP contribution in [0.15, 0.2) is 60.8 Å². The van der Waals surface area contributed by atoms with Gasteiger partial charge < -0.3 is 10.6 Å². The topological polar surface area (TPSA) is 59.0 Å². The zero-order valence-corrected chi connectivity index (χ0v) is 14.7. The van der Waals surface area contributed by atoms with E-state index in [0.717, 1.165) is 22.5 Å². The Labute approximate surface area is 147 Å². The van der Waals surface area contributed by atoms with Gasteiger partial charge in [0.2, 0.25) is 5.91 Å². The summed E-state index contributed by atoms with van der Waals surface area (Å²) < 4.78 is 1.78. The van der Waals surface area contributed by atoms with Crippen LogP contribution in [0.1, 0.15) is 18.1 Å². The van der Waals surface area contributed by atoms with E-state index in [2.05, 4.69) is 15.7 Å². The van der Waals surface area contributed by atoms with Crippen LogP contribution in [0.3, 0.4) is 0 Å². The number of amides is 1. The molecule has 1 unspecified atom stereocenters. The van der Waals surface area contributed by atoms with Crippen LogP contribution in [0.25, 0.3) is 5.69 Å². The van der Waals surface area contributed by atoms with Gasteiger partial charge in [-0.05, 0) is 50.1 Å². The molecule has 2 N–H and O–H groups in total. The van der Waals surface area contributed by atoms with Gasteiger partial charge in [-0.1, -0.05) is 30.3 Å². The third-order valence-corrected chi connectivity index (χ3v) is 4.02. The van der Waals surface area contributed by atoms with Gasteiger partial charge in [0, 0.05) is 18.0 Å². The summed E-state index contributed by atoms with van der Waals surface area (Å²) in [6.07, 6.45) is 1.87. The number of nitrogens with zero attached hydrogens (tertiary/aromatic N) is 2. The minimum absolute atomic E-state index is 0.0945. The summed E-state index contributed by atoms with van der Waals surface area (Å²) in [7, 11) is 0. The maximum absolute atomic E-state index is 12.4. The van der Waals surface area contributed by atoms with Gasteiger partial charge in [-0.15, -0.1) is 0 Å². The Balaban J connectivity index is 1.66. The molecule has 3 aromatic rings. The quantitative estimate of drug-likeness (QED) is 0.743. The summed E-state index contributed by atoms with van der Waals surface area (Å²) in [4.78, 5) is 12.4. The molecule has 0 saturated carbocycles. The predicted molar refractivity (Wildman–Crippen MR) is 101 cm³/mol. The molecule has 0 saturated heterocycles. The van der Waals surface area contributed by atoms with Crippen LogP contribution in [0, 0.1) is 13.8 Å². The van der Waals surface area contributed by atoms with Crippen molar-refractivity contribution in [3.05, 3.63) is 71.9 Å². The van der Waals surface area contributed by atoms with E-state index in [-0.39, 0.29) is 5.91 Å². The third kappa shape index (κ3) is 4.07. The molecule has 0 bridgehead atoms. The maximum Gasteiger partial charge on any atom is 0.246 e. The van der Waals surface area contributed by atoms with Crippen molar-refractivity contribution in [2.75, 3.05) is 10.6 Å². The number of rotatable bonds is 5. The molecule has 0 aliphatic carbocycles. The Kier molecular flexibility index (Phi) is 4.84. The number of hydrogen-bond acceptors (Lipinski definition) is 3. The van der Waals surface area contributed by atoms with Crippen LogP contribution in [0.2, 0.25) is 0 Å². The van der Waals surface area contributed by atoms with Gasteiger partial charge in [0.15, 0.2) is 0 Å². The van der Waals surface area contributed by atoms with Crippen LogP contribution in [-0.2, 0) is 4.79 Å². The lowest BCUT2D eigenvalue weighted by Crippen LogP contribution is -2.32. The van der Waals surface area contributed by atoms with Gasteiger partial charge in [-0.3, -0.25) is 4.79 Å². The third-order valence-electron chi connectivity index (χ3n) is 4.02. The normalized spacial score (nSPS) is 11.8. The van der Waals surface area contributed by atoms with E-state index in [1.54, 1.807) is 4.68 Å². The molecule has 2 aromatic carbocycles. The second kappa shape index (κ2) is 7.21. The number of aryl methyl sites for hydroxylation is 2. The predicted octanol–water partition coefficient (Wildman–Crippen LogP) is 3.93. The molecule has 5 nitrogen and oxygen atoms in total. The molecule has 1 heterocycles. The van der Waals surface area contributed by atoms with Crippen molar-refractivity contribution in [3.63, 3.8) is 0 Å². The van der Waals surface area contributed by atoms with Gasteiger partial charge in [-0.25, -0.2) is 4.68 Å². The lowest BCUT2D eigenvalue weighted by molar-refractivity contribution is -0.116. The Bertz CT molecular complexity index is 870. The second-order valence-electron chi connectivity index (χ2n) is 6.15. The number of anilines is 2. The molecule has 25 heavy (non-hydrogen) atoms. The average molecular weight is 334 g/mol. The highest BCUT2D eigenvalue weighted by molar-refractivity contribution is 5.96. The smallest absolute Gasteiger partial charge is 0.246 e. The lowest BCUT2D eigenvalue weighted by atomic mass is 10.1. The Morgan fingerprint density at radius 1 is 1.08 bits per heavy atom. The highest BCUT2D eigenvalue weighted by atomic mass is 16.2. The summed E-state index contributed by atoms with van der Waals surface area (Å²) in [5.41, 5.74) is 3.97. The van der Waals surface area contributed by atoms with Crippen LogP contribution < -0.4 is 10.6 Å². The number of hydrogen-bond donors (Lipinski definition) is 2. The highest BCUT2D eigenvalue weighted by Crippen LogP contribution is 2.17. The molecule has 5 heteroatoms. The summed E-state index contributed by atoms with van der Waals surface area (Å²) in [5, 5.41) is 10.6. The molecule has 0 aliphatic rings. The van der Waals surface area contributed by atoms with Gasteiger partial charge in [0.05, 0.1) is 5.69 Å². The zero-order chi connectivity index (χ0) is 17.8. The van der Waals surface area contributed by atoms with E-state index in [1.807, 2.05) is 81.6 Å². The van der Waals surface area contributed by atoms with E-state index < -0.39 is 6.04 Å². The summed E-state index contributed by atoms with van der Waals surface area (Å²) in [6.45, 7) is 5.81. The Hall–Kier alpha value is -3.08. The van der Waals surface area contributed by atoms with E-state index >= 15 is 0 Å². The standard InChI is InChI=1S/C20H22N4O/c1-14-9-10-15(2)18(13-14)22-20(25)16(3)21-19-11-12-24(23-19)17-7-5-4-6-8-17/h4-13,16H,1-3H3,(H,21,23)(H,22,25). The SMILES string of the molecule is Cc1ccc(C)c(NC(=O)C(C)Nc2ccn(-c3ccccc3)n2)c1. The molecule has 128 valence electrons. The Morgan fingerprint density at radius 3 is 2.60 bits per heavy atom. The minimum atomic E-state index is -0.404. The maximum atomic E-state index is 12.4. The molecule has 1 atom stereocenters. The van der Waals surface area contributed by atoms with Crippen molar-refractivity contribution >= 4 is 17.4 Å². The fourth-order valence-electron chi connectivity index (χ4n) is 2.52. The summed E-state index contributed by atoms with van der Waals surface area (Å²) in [5.74, 6) is 0.565. The van der Waals surface area contributed by atoms with Gasteiger partial charge >= 0.3 is 0 Å². The molecule has 1 aromatic heterocycles. The van der Waals surface area contributed by atoms with Crippen LogP contribution in [0.5, 0.6) is 0 Å². The fourth-order valence-corrected chi connectivity index (χ4v) is 2.52. The lowest BCUT2D eigenvalue weighted by Gasteiger charge is -2.15. The van der Waals surface area contributed by atoms with Crippen molar-refractivity contribution in [1.29, 1.82) is 0 Å². The number of benzene rings is 2. The van der Waals surface area contributed by atoms with Crippen molar-refractivity contribution in [3.8, 4) is 5.69 Å². The molecular weight excluding hydrogens is 312 g/mol. The van der Waals surface area contributed by atoms with Crippen molar-refractivity contribution in [2.45, 2.75) is 26.8 Å². The average Bonchev–Trinajstić information content (AvgIpc) is 3.07. The Morgan fingerprint density at radius 2 is 1.84 bits per heavy atom. The first-order valence-electron chi connectivity index (χ1n) is 8.28. The first-order chi connectivity index (χ1) is 12.0. The monoisotopic (exact) mass is 334 g/mol. The summed E-state index contributed by atoms with van der Waals surface area (Å²) >= 11 is 0. The fraction of sp³-hybridized carbons (Fsp3) is 0.200. The van der Waals surface area contributed by atoms with E-state index in [9.17, 15) is 4.79 Å². The molecule has 3 rings (SSSR count). The van der Waals surface area contributed by atoms with Gasteiger partial charge in [0.1, 0.15) is 11.9 Å². The van der Waals surface area contributed by atoms with Crippen LogP contribution >= 0.6 is 0 Å². The van der Waals surface area contributed by atoms with Gasteiger partial charge in [0.25, 0.3) is 0 Å². The van der Waals surface area contributed by atoms with Gasteiger partial charge in [-0.2, -0.15) is 5.10 Å². The number of carbonyl (C=O) groups is 1. The highest BCUT2D eigenvalue weighted by Gasteiger charge is 2.15. The molecule has 0 aliphatic heterocycles. The second-order valence-corrected chi connectivity index (χ2v) is 6.15. The number of para-hydroxylation sites is 1. The van der Waals surface area contributed by atoms with Crippen molar-refractivity contribution in [1.82, 2.24) is 9.78 Å². The number of aromatic nitrogens is 2. The molecule has 0 spiro atoms. The first-order valence-corrected chi connectivity index (χ1v) is 8.28. The van der Waals surface area contributed by atoms with Crippen molar-refractivity contribution in [2.24, 2.45) is 0 Å². The summed E-state index contributed by atoms with van der Waals surface area (Å²) in [6, 6.07) is 17.3. The van der Waals surface area contributed by atoms with E-state index in [4.69, 9.17) is 0 Å². The van der Waals surface area contributed by atoms with E-state index in [0.29, 0.717) is 5.82 Å². The van der Waals surface area contributed by atoms with Crippen LogP contribution in [0.4, 0.5) is 11.5 Å². The number of carbonyl (C=O) groups excluding carboxylic acids is 1. The largest absolute Gasteiger partial charge is 0.357 e. The molecule has 1 amide bonds. The zero-order valence-electron chi connectivity index (χ0n) is 14.7. The minimum Gasteiger partial charge on any atom is -0.357 e. The van der Waals surface area contributed by atoms with Crippen molar-refractivity contribution < 1.29 is 4.79 Å². The molecular formula is C20H22N4O. The van der Waals surface area contributed by atoms with E-state index in [1.165, 1.54) is 0 Å².